The van der Waals surface area contributed by atoms with E-state index < -0.39 is 5.82 Å². The van der Waals surface area contributed by atoms with Gasteiger partial charge in [-0.1, -0.05) is 42.5 Å². The second-order valence-electron chi connectivity index (χ2n) is 5.98. The van der Waals surface area contributed by atoms with E-state index in [4.69, 9.17) is 4.74 Å². The Morgan fingerprint density at radius 2 is 1.75 bits per heavy atom. The largest absolute Gasteiger partial charge is 0.370 e. The van der Waals surface area contributed by atoms with Crippen LogP contribution in [0.15, 0.2) is 54.6 Å². The van der Waals surface area contributed by atoms with Crippen molar-refractivity contribution in [3.8, 4) is 0 Å². The lowest BCUT2D eigenvalue weighted by atomic mass is 10.1. The minimum absolute atomic E-state index is 0.0791. The van der Waals surface area contributed by atoms with Crippen LogP contribution in [0.2, 0.25) is 0 Å². The van der Waals surface area contributed by atoms with Gasteiger partial charge < -0.3 is 15.0 Å². The smallest absolute Gasteiger partial charge is 0.254 e. The molecule has 4 nitrogen and oxygen atoms in total. The Labute approximate surface area is 141 Å². The number of nitrogens with one attached hydrogen (secondary N) is 2. The number of hydrogen-bond acceptors (Lipinski definition) is 2. The molecule has 0 spiro atoms. The van der Waals surface area contributed by atoms with Gasteiger partial charge >= 0.3 is 0 Å². The summed E-state index contributed by atoms with van der Waals surface area (Å²) in [7, 11) is 0. The molecule has 1 aliphatic rings. The van der Waals surface area contributed by atoms with Crippen molar-refractivity contribution in [1.82, 2.24) is 5.32 Å². The number of rotatable bonds is 5. The summed E-state index contributed by atoms with van der Waals surface area (Å²) in [5.74, 6) is -0.879. The molecule has 1 heterocycles. The summed E-state index contributed by atoms with van der Waals surface area (Å²) < 4.78 is 19.3. The SMILES string of the molecule is O=C(N[C@@H](C[NH+]1CCOCC1)c1ccccc1)c1ccccc1F. The first kappa shape index (κ1) is 16.6. The molecule has 1 atom stereocenters. The van der Waals surface area contributed by atoms with Crippen LogP contribution in [0.1, 0.15) is 22.0 Å². The molecule has 0 bridgehead atoms. The van der Waals surface area contributed by atoms with Crippen LogP contribution < -0.4 is 10.2 Å². The predicted molar refractivity (Wildman–Crippen MR) is 89.4 cm³/mol. The molecule has 0 saturated carbocycles. The van der Waals surface area contributed by atoms with Crippen molar-refractivity contribution < 1.29 is 18.8 Å². The molecule has 0 aliphatic carbocycles. The zero-order valence-electron chi connectivity index (χ0n) is 13.5. The molecule has 2 N–H and O–H groups in total. The molecule has 2 aromatic rings. The Morgan fingerprint density at radius 1 is 1.08 bits per heavy atom. The molecule has 3 rings (SSSR count). The molecule has 1 aliphatic heterocycles. The van der Waals surface area contributed by atoms with Crippen molar-refractivity contribution >= 4 is 5.91 Å². The maximum atomic E-state index is 13.9. The Bertz CT molecular complexity index is 672. The van der Waals surface area contributed by atoms with Crippen LogP contribution in [0.5, 0.6) is 0 Å². The van der Waals surface area contributed by atoms with Crippen molar-refractivity contribution in [2.24, 2.45) is 0 Å². The lowest BCUT2D eigenvalue weighted by molar-refractivity contribution is -0.909. The van der Waals surface area contributed by atoms with E-state index >= 15 is 0 Å². The highest BCUT2D eigenvalue weighted by Gasteiger charge is 2.24. The van der Waals surface area contributed by atoms with E-state index in [1.807, 2.05) is 30.3 Å². The van der Waals surface area contributed by atoms with Gasteiger partial charge in [-0.2, -0.15) is 0 Å². The number of hydrogen-bond donors (Lipinski definition) is 2. The molecule has 0 aromatic heterocycles. The molecular formula is C19H22FN2O2+. The van der Waals surface area contributed by atoms with E-state index in [1.54, 1.807) is 12.1 Å². The predicted octanol–water partition coefficient (Wildman–Crippen LogP) is 1.21. The monoisotopic (exact) mass is 329 g/mol. The highest BCUT2D eigenvalue weighted by molar-refractivity contribution is 5.94. The zero-order valence-corrected chi connectivity index (χ0v) is 13.5. The summed E-state index contributed by atoms with van der Waals surface area (Å²) in [4.78, 5) is 13.9. The number of amides is 1. The number of quaternary nitrogens is 1. The van der Waals surface area contributed by atoms with Gasteiger partial charge in [-0.3, -0.25) is 4.79 Å². The molecule has 2 aromatic carbocycles. The van der Waals surface area contributed by atoms with Gasteiger partial charge in [0.25, 0.3) is 5.91 Å². The molecule has 1 saturated heterocycles. The molecule has 1 amide bonds. The third-order valence-electron chi connectivity index (χ3n) is 4.32. The van der Waals surface area contributed by atoms with E-state index in [2.05, 4.69) is 5.32 Å². The number of benzene rings is 2. The lowest BCUT2D eigenvalue weighted by Gasteiger charge is -2.28. The summed E-state index contributed by atoms with van der Waals surface area (Å²) in [5, 5.41) is 3.00. The van der Waals surface area contributed by atoms with Gasteiger partial charge in [-0.05, 0) is 17.7 Å². The lowest BCUT2D eigenvalue weighted by Crippen LogP contribution is -3.14. The van der Waals surface area contributed by atoms with Crippen molar-refractivity contribution in [2.45, 2.75) is 6.04 Å². The first-order valence-corrected chi connectivity index (χ1v) is 8.25. The third-order valence-corrected chi connectivity index (χ3v) is 4.32. The fraction of sp³-hybridized carbons (Fsp3) is 0.316. The zero-order chi connectivity index (χ0) is 16.8. The normalized spacial score (nSPS) is 16.5. The van der Waals surface area contributed by atoms with Gasteiger partial charge in [0, 0.05) is 0 Å². The van der Waals surface area contributed by atoms with Crippen molar-refractivity contribution in [3.05, 3.63) is 71.5 Å². The second-order valence-corrected chi connectivity index (χ2v) is 5.98. The number of halogens is 1. The number of ether oxygens (including phenoxy) is 1. The first-order chi connectivity index (χ1) is 11.7. The topological polar surface area (TPSA) is 42.8 Å². The molecule has 0 unspecified atom stereocenters. The van der Waals surface area contributed by atoms with Gasteiger partial charge in [0.1, 0.15) is 31.5 Å². The average Bonchev–Trinajstić information content (AvgIpc) is 2.63. The standard InChI is InChI=1S/C19H21FN2O2/c20-17-9-5-4-8-16(17)19(23)21-18(15-6-2-1-3-7-15)14-22-10-12-24-13-11-22/h1-9,18H,10-14H2,(H,21,23)/p+1/t18-/m0/s1. The fourth-order valence-corrected chi connectivity index (χ4v) is 2.97. The van der Waals surface area contributed by atoms with Gasteiger partial charge in [0.05, 0.1) is 18.8 Å². The number of carbonyl (C=O) groups excluding carboxylic acids is 1. The average molecular weight is 329 g/mol. The Kier molecular flexibility index (Phi) is 5.56. The van der Waals surface area contributed by atoms with E-state index in [-0.39, 0.29) is 17.5 Å². The van der Waals surface area contributed by atoms with Crippen LogP contribution in [0.4, 0.5) is 4.39 Å². The Morgan fingerprint density at radius 3 is 2.46 bits per heavy atom. The Balaban J connectivity index is 1.76. The number of morpholine rings is 1. The van der Waals surface area contributed by atoms with E-state index in [1.165, 1.54) is 17.0 Å². The molecular weight excluding hydrogens is 307 g/mol. The molecule has 1 fully saturated rings. The van der Waals surface area contributed by atoms with Crippen LogP contribution in [0, 0.1) is 5.82 Å². The fourth-order valence-electron chi connectivity index (χ4n) is 2.97. The van der Waals surface area contributed by atoms with E-state index in [0.29, 0.717) is 0 Å². The molecule has 0 radical (unpaired) electrons. The molecule has 24 heavy (non-hydrogen) atoms. The van der Waals surface area contributed by atoms with Crippen LogP contribution in [-0.2, 0) is 4.74 Å². The molecule has 5 heteroatoms. The second kappa shape index (κ2) is 8.04. The first-order valence-electron chi connectivity index (χ1n) is 8.25. The summed E-state index contributed by atoms with van der Waals surface area (Å²) in [6, 6.07) is 15.7. The van der Waals surface area contributed by atoms with Crippen molar-refractivity contribution in [3.63, 3.8) is 0 Å². The summed E-state index contributed by atoms with van der Waals surface area (Å²) in [6.45, 7) is 4.06. The van der Waals surface area contributed by atoms with Gasteiger partial charge in [-0.25, -0.2) is 4.39 Å². The van der Waals surface area contributed by atoms with Gasteiger partial charge in [0.15, 0.2) is 0 Å². The third kappa shape index (κ3) is 4.19. The quantitative estimate of drug-likeness (QED) is 0.866. The van der Waals surface area contributed by atoms with E-state index in [0.717, 1.165) is 38.4 Å². The van der Waals surface area contributed by atoms with Crippen LogP contribution in [-0.4, -0.2) is 38.8 Å². The van der Waals surface area contributed by atoms with Crippen LogP contribution >= 0.6 is 0 Å². The maximum absolute atomic E-state index is 13.9. The minimum atomic E-state index is -0.500. The van der Waals surface area contributed by atoms with Crippen LogP contribution in [0.3, 0.4) is 0 Å². The number of carbonyl (C=O) groups is 1. The minimum Gasteiger partial charge on any atom is -0.370 e. The highest BCUT2D eigenvalue weighted by atomic mass is 19.1. The van der Waals surface area contributed by atoms with Crippen LogP contribution in [0.25, 0.3) is 0 Å². The summed E-state index contributed by atoms with van der Waals surface area (Å²) >= 11 is 0. The van der Waals surface area contributed by atoms with E-state index in [9.17, 15) is 9.18 Å². The van der Waals surface area contributed by atoms with Crippen molar-refractivity contribution in [2.75, 3.05) is 32.8 Å². The highest BCUT2D eigenvalue weighted by Crippen LogP contribution is 2.13. The van der Waals surface area contributed by atoms with Gasteiger partial charge in [0.2, 0.25) is 0 Å². The van der Waals surface area contributed by atoms with Gasteiger partial charge in [-0.15, -0.1) is 0 Å². The van der Waals surface area contributed by atoms with Crippen molar-refractivity contribution in [1.29, 1.82) is 0 Å². The summed E-state index contributed by atoms with van der Waals surface area (Å²) in [5.41, 5.74) is 1.11. The Hall–Kier alpha value is -2.24. The summed E-state index contributed by atoms with van der Waals surface area (Å²) in [6.07, 6.45) is 0. The maximum Gasteiger partial charge on any atom is 0.254 e. The molecule has 126 valence electrons.